The van der Waals surface area contributed by atoms with Crippen LogP contribution in [0.4, 0.5) is 4.39 Å². The molecule has 2 rings (SSSR count). The minimum atomic E-state index is -0.442. The van der Waals surface area contributed by atoms with E-state index in [9.17, 15) is 4.39 Å². The van der Waals surface area contributed by atoms with Crippen LogP contribution < -0.4 is 4.74 Å². The molecular formula is C17H20FNO. The molecule has 0 radical (unpaired) electrons. The van der Waals surface area contributed by atoms with E-state index in [1.54, 1.807) is 13.1 Å². The highest BCUT2D eigenvalue weighted by Crippen LogP contribution is 2.29. The van der Waals surface area contributed by atoms with E-state index in [1.807, 2.05) is 24.3 Å². The van der Waals surface area contributed by atoms with E-state index in [0.29, 0.717) is 5.75 Å². The number of aromatic nitrogens is 1. The van der Waals surface area contributed by atoms with Crippen molar-refractivity contribution in [3.05, 3.63) is 53.5 Å². The molecule has 0 aliphatic heterocycles. The molecule has 0 aliphatic rings. The quantitative estimate of drug-likeness (QED) is 0.781. The van der Waals surface area contributed by atoms with Crippen LogP contribution in [0.5, 0.6) is 11.6 Å². The number of aryl methyl sites for hydroxylation is 1. The molecule has 0 saturated heterocycles. The van der Waals surface area contributed by atoms with Crippen molar-refractivity contribution in [2.45, 2.75) is 39.5 Å². The van der Waals surface area contributed by atoms with Crippen molar-refractivity contribution in [1.29, 1.82) is 0 Å². The SMILES string of the molecule is CCC(C)(C)c1ccc(Oc2ncc(C)cc2F)cc1. The summed E-state index contributed by atoms with van der Waals surface area (Å²) >= 11 is 0. The smallest absolute Gasteiger partial charge is 0.255 e. The van der Waals surface area contributed by atoms with E-state index in [1.165, 1.54) is 11.6 Å². The minimum absolute atomic E-state index is 0.0121. The van der Waals surface area contributed by atoms with E-state index in [-0.39, 0.29) is 11.3 Å². The lowest BCUT2D eigenvalue weighted by Crippen LogP contribution is -2.14. The summed E-state index contributed by atoms with van der Waals surface area (Å²) in [6.45, 7) is 8.35. The Bertz CT molecular complexity index is 590. The predicted octanol–water partition coefficient (Wildman–Crippen LogP) is 5.01. The maximum Gasteiger partial charge on any atom is 0.255 e. The lowest BCUT2D eigenvalue weighted by Gasteiger charge is -2.23. The third-order valence-electron chi connectivity index (χ3n) is 3.68. The van der Waals surface area contributed by atoms with Crippen LogP contribution in [0.25, 0.3) is 0 Å². The van der Waals surface area contributed by atoms with Gasteiger partial charge in [0.25, 0.3) is 5.88 Å². The molecule has 1 aromatic heterocycles. The van der Waals surface area contributed by atoms with Gasteiger partial charge in [-0.15, -0.1) is 0 Å². The molecule has 0 N–H and O–H groups in total. The first kappa shape index (κ1) is 14.5. The van der Waals surface area contributed by atoms with Crippen LogP contribution in [-0.4, -0.2) is 4.98 Å². The molecule has 0 unspecified atom stereocenters. The van der Waals surface area contributed by atoms with Crippen molar-refractivity contribution in [2.24, 2.45) is 0 Å². The summed E-state index contributed by atoms with van der Waals surface area (Å²) in [5.41, 5.74) is 2.14. The van der Waals surface area contributed by atoms with Gasteiger partial charge in [0.2, 0.25) is 0 Å². The zero-order valence-corrected chi connectivity index (χ0v) is 12.4. The molecule has 0 amide bonds. The number of rotatable bonds is 4. The third kappa shape index (κ3) is 3.16. The number of hydrogen-bond donors (Lipinski definition) is 0. The Balaban J connectivity index is 2.19. The Morgan fingerprint density at radius 2 is 1.85 bits per heavy atom. The fourth-order valence-electron chi connectivity index (χ4n) is 1.89. The monoisotopic (exact) mass is 273 g/mol. The van der Waals surface area contributed by atoms with Crippen LogP contribution in [0.3, 0.4) is 0 Å². The van der Waals surface area contributed by atoms with Crippen LogP contribution in [0.2, 0.25) is 0 Å². The van der Waals surface area contributed by atoms with Gasteiger partial charge in [0.15, 0.2) is 5.82 Å². The van der Waals surface area contributed by atoms with Gasteiger partial charge in [-0.05, 0) is 48.1 Å². The molecule has 0 bridgehead atoms. The van der Waals surface area contributed by atoms with Crippen molar-refractivity contribution in [2.75, 3.05) is 0 Å². The molecule has 0 aliphatic carbocycles. The molecule has 20 heavy (non-hydrogen) atoms. The number of benzene rings is 1. The van der Waals surface area contributed by atoms with E-state index >= 15 is 0 Å². The van der Waals surface area contributed by atoms with Gasteiger partial charge in [-0.1, -0.05) is 32.9 Å². The van der Waals surface area contributed by atoms with Crippen LogP contribution in [0.15, 0.2) is 36.5 Å². The summed E-state index contributed by atoms with van der Waals surface area (Å²) in [6, 6.07) is 9.16. The van der Waals surface area contributed by atoms with Gasteiger partial charge in [-0.25, -0.2) is 9.37 Å². The van der Waals surface area contributed by atoms with E-state index < -0.39 is 5.82 Å². The molecule has 1 aromatic carbocycles. The maximum atomic E-state index is 13.7. The van der Waals surface area contributed by atoms with Gasteiger partial charge in [0, 0.05) is 6.20 Å². The second kappa shape index (κ2) is 5.61. The second-order valence-electron chi connectivity index (χ2n) is 5.66. The molecule has 2 aromatic rings. The zero-order chi connectivity index (χ0) is 14.8. The highest BCUT2D eigenvalue weighted by Gasteiger charge is 2.17. The second-order valence-corrected chi connectivity index (χ2v) is 5.66. The summed E-state index contributed by atoms with van der Waals surface area (Å²) in [6.07, 6.45) is 2.65. The zero-order valence-electron chi connectivity index (χ0n) is 12.4. The largest absolute Gasteiger partial charge is 0.436 e. The van der Waals surface area contributed by atoms with E-state index in [0.717, 1.165) is 12.0 Å². The first-order chi connectivity index (χ1) is 9.42. The molecule has 1 heterocycles. The van der Waals surface area contributed by atoms with Gasteiger partial charge >= 0.3 is 0 Å². The van der Waals surface area contributed by atoms with Crippen molar-refractivity contribution >= 4 is 0 Å². The molecule has 0 spiro atoms. The first-order valence-electron chi connectivity index (χ1n) is 6.83. The topological polar surface area (TPSA) is 22.1 Å². The Kier molecular flexibility index (Phi) is 4.07. The molecular weight excluding hydrogens is 253 g/mol. The Morgan fingerprint density at radius 3 is 2.40 bits per heavy atom. The van der Waals surface area contributed by atoms with Gasteiger partial charge in [-0.3, -0.25) is 0 Å². The van der Waals surface area contributed by atoms with Crippen LogP contribution in [-0.2, 0) is 5.41 Å². The summed E-state index contributed by atoms with van der Waals surface area (Å²) in [5, 5.41) is 0. The lowest BCUT2D eigenvalue weighted by atomic mass is 9.82. The van der Waals surface area contributed by atoms with Gasteiger partial charge in [0.1, 0.15) is 5.75 Å². The molecule has 3 heteroatoms. The minimum Gasteiger partial charge on any atom is -0.436 e. The highest BCUT2D eigenvalue weighted by atomic mass is 19.1. The summed E-state index contributed by atoms with van der Waals surface area (Å²) in [7, 11) is 0. The maximum absolute atomic E-state index is 13.7. The molecule has 0 fully saturated rings. The summed E-state index contributed by atoms with van der Waals surface area (Å²) in [4.78, 5) is 3.96. The molecule has 106 valence electrons. The molecule has 2 nitrogen and oxygen atoms in total. The van der Waals surface area contributed by atoms with Crippen molar-refractivity contribution in [3.63, 3.8) is 0 Å². The number of pyridine rings is 1. The van der Waals surface area contributed by atoms with Crippen LogP contribution >= 0.6 is 0 Å². The van der Waals surface area contributed by atoms with Gasteiger partial charge in [-0.2, -0.15) is 0 Å². The average molecular weight is 273 g/mol. The normalized spacial score (nSPS) is 11.4. The number of halogens is 1. The summed E-state index contributed by atoms with van der Waals surface area (Å²) in [5.74, 6) is 0.164. The van der Waals surface area contributed by atoms with E-state index in [2.05, 4.69) is 25.8 Å². The third-order valence-corrected chi connectivity index (χ3v) is 3.68. The van der Waals surface area contributed by atoms with Crippen molar-refractivity contribution in [3.8, 4) is 11.6 Å². The molecule has 0 atom stereocenters. The van der Waals surface area contributed by atoms with Crippen LogP contribution in [0.1, 0.15) is 38.3 Å². The Hall–Kier alpha value is -1.90. The van der Waals surface area contributed by atoms with Gasteiger partial charge in [0.05, 0.1) is 0 Å². The fraction of sp³-hybridized carbons (Fsp3) is 0.353. The van der Waals surface area contributed by atoms with Gasteiger partial charge < -0.3 is 4.74 Å². The predicted molar refractivity (Wildman–Crippen MR) is 78.8 cm³/mol. The Morgan fingerprint density at radius 1 is 1.20 bits per heavy atom. The number of ether oxygens (including phenoxy) is 1. The molecule has 0 saturated carbocycles. The van der Waals surface area contributed by atoms with Crippen molar-refractivity contribution < 1.29 is 9.13 Å². The first-order valence-corrected chi connectivity index (χ1v) is 6.83. The van der Waals surface area contributed by atoms with Crippen molar-refractivity contribution in [1.82, 2.24) is 4.98 Å². The van der Waals surface area contributed by atoms with Crippen LogP contribution in [0, 0.1) is 12.7 Å². The highest BCUT2D eigenvalue weighted by molar-refractivity contribution is 5.34. The Labute approximate surface area is 119 Å². The number of hydrogen-bond acceptors (Lipinski definition) is 2. The fourth-order valence-corrected chi connectivity index (χ4v) is 1.89. The van der Waals surface area contributed by atoms with E-state index in [4.69, 9.17) is 4.74 Å². The average Bonchev–Trinajstić information content (AvgIpc) is 2.42. The number of nitrogens with zero attached hydrogens (tertiary/aromatic N) is 1. The standard InChI is InChI=1S/C17H20FNO/c1-5-17(3,4)13-6-8-14(9-7-13)20-16-15(18)10-12(2)11-19-16/h6-11H,5H2,1-4H3. The summed E-state index contributed by atoms with van der Waals surface area (Å²) < 4.78 is 19.2. The lowest BCUT2D eigenvalue weighted by molar-refractivity contribution is 0.421.